The highest BCUT2D eigenvalue weighted by atomic mass is 32.2. The van der Waals surface area contributed by atoms with Gasteiger partial charge in [0.2, 0.25) is 11.8 Å². The molecule has 0 fully saturated rings. The maximum atomic E-state index is 14.0. The second-order valence-electron chi connectivity index (χ2n) is 9.44. The molecule has 38 heavy (non-hydrogen) atoms. The maximum Gasteiger partial charge on any atom is 0.264 e. The zero-order chi connectivity index (χ0) is 27.9. The molecule has 3 aromatic carbocycles. The molecule has 2 amide bonds. The van der Waals surface area contributed by atoms with Gasteiger partial charge in [0.25, 0.3) is 10.0 Å². The predicted molar refractivity (Wildman–Crippen MR) is 151 cm³/mol. The second kappa shape index (κ2) is 12.7. The van der Waals surface area contributed by atoms with Crippen LogP contribution in [0.4, 0.5) is 5.69 Å². The average molecular weight is 536 g/mol. The van der Waals surface area contributed by atoms with Crippen LogP contribution in [-0.2, 0) is 26.2 Å². The van der Waals surface area contributed by atoms with E-state index >= 15 is 0 Å². The van der Waals surface area contributed by atoms with Gasteiger partial charge in [-0.25, -0.2) is 8.42 Å². The van der Waals surface area contributed by atoms with E-state index in [0.29, 0.717) is 18.7 Å². The van der Waals surface area contributed by atoms with Crippen LogP contribution in [0.25, 0.3) is 0 Å². The summed E-state index contributed by atoms with van der Waals surface area (Å²) in [4.78, 5) is 28.6. The lowest BCUT2D eigenvalue weighted by molar-refractivity contribution is -0.140. The predicted octanol–water partition coefficient (Wildman–Crippen LogP) is 4.75. The van der Waals surface area contributed by atoms with Crippen molar-refractivity contribution in [1.82, 2.24) is 10.2 Å². The number of hydrogen-bond donors (Lipinski definition) is 1. The van der Waals surface area contributed by atoms with Crippen LogP contribution in [0.1, 0.15) is 42.5 Å². The van der Waals surface area contributed by atoms with Crippen LogP contribution in [0.5, 0.6) is 0 Å². The van der Waals surface area contributed by atoms with E-state index in [1.54, 1.807) is 24.3 Å². The lowest BCUT2D eigenvalue weighted by atomic mass is 10.1. The van der Waals surface area contributed by atoms with Gasteiger partial charge < -0.3 is 10.2 Å². The average Bonchev–Trinajstić information content (AvgIpc) is 2.89. The molecule has 3 rings (SSSR count). The fraction of sp³-hybridized carbons (Fsp3) is 0.333. The first-order chi connectivity index (χ1) is 18.1. The number of carbonyl (C=O) groups excluding carboxylic acids is 2. The number of benzene rings is 3. The third kappa shape index (κ3) is 6.81. The Morgan fingerprint density at radius 1 is 0.868 bits per heavy atom. The molecule has 0 heterocycles. The van der Waals surface area contributed by atoms with Gasteiger partial charge in [-0.1, -0.05) is 67.1 Å². The van der Waals surface area contributed by atoms with Crippen LogP contribution < -0.4 is 9.62 Å². The Kier molecular flexibility index (Phi) is 9.69. The van der Waals surface area contributed by atoms with Crippen molar-refractivity contribution in [1.29, 1.82) is 0 Å². The number of aryl methyl sites for hydroxylation is 3. The van der Waals surface area contributed by atoms with Gasteiger partial charge >= 0.3 is 0 Å². The van der Waals surface area contributed by atoms with Crippen molar-refractivity contribution in [3.8, 4) is 0 Å². The van der Waals surface area contributed by atoms with E-state index in [4.69, 9.17) is 0 Å². The van der Waals surface area contributed by atoms with Crippen molar-refractivity contribution < 1.29 is 18.0 Å². The van der Waals surface area contributed by atoms with Gasteiger partial charge in [-0.15, -0.1) is 0 Å². The third-order valence-electron chi connectivity index (χ3n) is 6.42. The van der Waals surface area contributed by atoms with E-state index in [9.17, 15) is 18.0 Å². The molecular formula is C30H37N3O4S. The number of carbonyl (C=O) groups is 2. The fourth-order valence-electron chi connectivity index (χ4n) is 4.44. The minimum atomic E-state index is -4.08. The van der Waals surface area contributed by atoms with Gasteiger partial charge in [0, 0.05) is 13.1 Å². The van der Waals surface area contributed by atoms with Crippen LogP contribution in [0.3, 0.4) is 0 Å². The molecule has 0 saturated heterocycles. The molecule has 0 radical (unpaired) electrons. The van der Waals surface area contributed by atoms with E-state index in [0.717, 1.165) is 22.3 Å². The summed E-state index contributed by atoms with van der Waals surface area (Å²) in [5, 5.41) is 2.82. The number of rotatable bonds is 11. The highest BCUT2D eigenvalue weighted by Crippen LogP contribution is 2.28. The summed E-state index contributed by atoms with van der Waals surface area (Å²) in [6, 6.07) is 20.6. The molecule has 7 nitrogen and oxygen atoms in total. The fourth-order valence-corrected chi connectivity index (χ4v) is 5.93. The number of sulfonamides is 1. The van der Waals surface area contributed by atoms with Crippen LogP contribution in [0.15, 0.2) is 77.7 Å². The first-order valence-corrected chi connectivity index (χ1v) is 14.3. The molecular weight excluding hydrogens is 498 g/mol. The zero-order valence-corrected chi connectivity index (χ0v) is 23.6. The minimum absolute atomic E-state index is 0.0923. The molecule has 1 N–H and O–H groups in total. The molecule has 0 aromatic heterocycles. The lowest BCUT2D eigenvalue weighted by Gasteiger charge is -2.33. The summed E-state index contributed by atoms with van der Waals surface area (Å²) in [6.45, 7) is 9.51. The molecule has 0 spiro atoms. The van der Waals surface area contributed by atoms with Crippen LogP contribution in [0.2, 0.25) is 0 Å². The summed E-state index contributed by atoms with van der Waals surface area (Å²) in [5.41, 5.74) is 3.93. The number of anilines is 1. The van der Waals surface area contributed by atoms with E-state index < -0.39 is 28.5 Å². The molecule has 0 aliphatic heterocycles. The van der Waals surface area contributed by atoms with E-state index in [-0.39, 0.29) is 17.3 Å². The summed E-state index contributed by atoms with van der Waals surface area (Å²) in [7, 11) is -4.08. The van der Waals surface area contributed by atoms with Gasteiger partial charge in [-0.05, 0) is 69.0 Å². The Bertz CT molecular complexity index is 1370. The molecule has 0 aliphatic carbocycles. The second-order valence-corrected chi connectivity index (χ2v) is 11.3. The highest BCUT2D eigenvalue weighted by Gasteiger charge is 2.34. The van der Waals surface area contributed by atoms with Crippen molar-refractivity contribution in [2.24, 2.45) is 0 Å². The van der Waals surface area contributed by atoms with Crippen molar-refractivity contribution in [2.75, 3.05) is 17.4 Å². The van der Waals surface area contributed by atoms with Crippen LogP contribution >= 0.6 is 0 Å². The standard InChI is InChI=1S/C30H37N3O4S/c1-6-27(30(35)31-7-2)32(20-25-13-11-12-22(3)18-25)29(34)21-33(28-19-23(4)16-17-24(28)5)38(36,37)26-14-9-8-10-15-26/h8-19,27H,6-7,20-21H2,1-5H3,(H,31,35)/t27-/m0/s1. The summed E-state index contributed by atoms with van der Waals surface area (Å²) >= 11 is 0. The molecule has 202 valence electrons. The van der Waals surface area contributed by atoms with Gasteiger partial charge in [-0.2, -0.15) is 0 Å². The number of likely N-dealkylation sites (N-methyl/N-ethyl adjacent to an activating group) is 1. The highest BCUT2D eigenvalue weighted by molar-refractivity contribution is 7.92. The number of nitrogens with zero attached hydrogens (tertiary/aromatic N) is 2. The number of nitrogens with one attached hydrogen (secondary N) is 1. The first kappa shape index (κ1) is 28.9. The Labute approximate surface area is 226 Å². The summed E-state index contributed by atoms with van der Waals surface area (Å²) in [5.74, 6) is -0.717. The summed E-state index contributed by atoms with van der Waals surface area (Å²) < 4.78 is 29.0. The molecule has 1 atom stereocenters. The van der Waals surface area contributed by atoms with Gasteiger partial charge in [-0.3, -0.25) is 13.9 Å². The van der Waals surface area contributed by atoms with Gasteiger partial charge in [0.05, 0.1) is 10.6 Å². The van der Waals surface area contributed by atoms with Crippen molar-refractivity contribution in [3.05, 3.63) is 95.1 Å². The quantitative estimate of drug-likeness (QED) is 0.384. The van der Waals surface area contributed by atoms with Crippen molar-refractivity contribution >= 4 is 27.5 Å². The molecule has 0 aliphatic rings. The first-order valence-electron chi connectivity index (χ1n) is 12.9. The Morgan fingerprint density at radius 2 is 1.55 bits per heavy atom. The largest absolute Gasteiger partial charge is 0.355 e. The maximum absolute atomic E-state index is 14.0. The summed E-state index contributed by atoms with van der Waals surface area (Å²) in [6.07, 6.45) is 0.387. The smallest absolute Gasteiger partial charge is 0.264 e. The number of hydrogen-bond acceptors (Lipinski definition) is 4. The third-order valence-corrected chi connectivity index (χ3v) is 8.19. The van der Waals surface area contributed by atoms with E-state index in [1.165, 1.54) is 21.3 Å². The minimum Gasteiger partial charge on any atom is -0.355 e. The number of amides is 2. The monoisotopic (exact) mass is 535 g/mol. The Morgan fingerprint density at radius 3 is 2.18 bits per heavy atom. The molecule has 0 saturated carbocycles. The molecule has 0 bridgehead atoms. The van der Waals surface area contributed by atoms with Gasteiger partial charge in [0.15, 0.2) is 0 Å². The van der Waals surface area contributed by atoms with Gasteiger partial charge in [0.1, 0.15) is 12.6 Å². The molecule has 3 aromatic rings. The lowest BCUT2D eigenvalue weighted by Crippen LogP contribution is -2.52. The topological polar surface area (TPSA) is 86.8 Å². The molecule has 0 unspecified atom stereocenters. The van der Waals surface area contributed by atoms with E-state index in [1.807, 2.05) is 71.0 Å². The Balaban J connectivity index is 2.09. The van der Waals surface area contributed by atoms with Crippen LogP contribution in [0, 0.1) is 20.8 Å². The van der Waals surface area contributed by atoms with Crippen molar-refractivity contribution in [3.63, 3.8) is 0 Å². The SMILES string of the molecule is CCNC(=O)[C@H](CC)N(Cc1cccc(C)c1)C(=O)CN(c1cc(C)ccc1C)S(=O)(=O)c1ccccc1. The van der Waals surface area contributed by atoms with Crippen LogP contribution in [-0.4, -0.2) is 44.3 Å². The molecule has 8 heteroatoms. The zero-order valence-electron chi connectivity index (χ0n) is 22.8. The van der Waals surface area contributed by atoms with Crippen molar-refractivity contribution in [2.45, 2.75) is 58.5 Å². The normalized spacial score (nSPS) is 12.0. The van der Waals surface area contributed by atoms with E-state index in [2.05, 4.69) is 5.32 Å². The Hall–Kier alpha value is -3.65.